The first-order chi connectivity index (χ1) is 10.5. The van der Waals surface area contributed by atoms with Gasteiger partial charge in [-0.25, -0.2) is 0 Å². The fraction of sp³-hybridized carbons (Fsp3) is 0.250. The number of nitrogens with two attached hydrogens (primary N) is 2. The monoisotopic (exact) mass is 301 g/mol. The van der Waals surface area contributed by atoms with E-state index in [1.807, 2.05) is 37.3 Å². The highest BCUT2D eigenvalue weighted by Gasteiger charge is 2.25. The Morgan fingerprint density at radius 1 is 1.27 bits per heavy atom. The van der Waals surface area contributed by atoms with Crippen LogP contribution in [0, 0.1) is 0 Å². The number of benzene rings is 1. The van der Waals surface area contributed by atoms with Crippen molar-refractivity contribution in [2.24, 2.45) is 11.5 Å². The van der Waals surface area contributed by atoms with Crippen LogP contribution in [-0.2, 0) is 11.3 Å². The molecule has 0 radical (unpaired) electrons. The molecule has 0 saturated heterocycles. The first-order valence-electron chi connectivity index (χ1n) is 6.94. The Kier molecular flexibility index (Phi) is 4.95. The molecule has 4 N–H and O–H groups in total. The van der Waals surface area contributed by atoms with Gasteiger partial charge >= 0.3 is 0 Å². The van der Waals surface area contributed by atoms with Crippen molar-refractivity contribution in [3.05, 3.63) is 59.5 Å². The molecule has 2 amide bonds. The minimum Gasteiger partial charge on any atom is -0.467 e. The highest BCUT2D eigenvalue weighted by molar-refractivity contribution is 5.96. The van der Waals surface area contributed by atoms with Crippen molar-refractivity contribution in [3.8, 4) is 0 Å². The van der Waals surface area contributed by atoms with Gasteiger partial charge in [0, 0.05) is 0 Å². The number of nitrogens with zero attached hydrogens (tertiary/aromatic N) is 1. The zero-order valence-electron chi connectivity index (χ0n) is 12.4. The number of hydrogen-bond donors (Lipinski definition) is 2. The van der Waals surface area contributed by atoms with Gasteiger partial charge in [0.1, 0.15) is 18.6 Å². The summed E-state index contributed by atoms with van der Waals surface area (Å²) in [6.45, 7) is 1.88. The van der Waals surface area contributed by atoms with Crippen LogP contribution in [0.2, 0.25) is 0 Å². The minimum atomic E-state index is -0.571. The van der Waals surface area contributed by atoms with E-state index in [2.05, 4.69) is 0 Å². The lowest BCUT2D eigenvalue weighted by molar-refractivity contribution is -0.119. The second-order valence-electron chi connectivity index (χ2n) is 4.99. The van der Waals surface area contributed by atoms with E-state index in [4.69, 9.17) is 15.9 Å². The average Bonchev–Trinajstić information content (AvgIpc) is 3.01. The first-order valence-corrected chi connectivity index (χ1v) is 6.94. The van der Waals surface area contributed by atoms with Crippen molar-refractivity contribution >= 4 is 11.8 Å². The van der Waals surface area contributed by atoms with Crippen LogP contribution in [-0.4, -0.2) is 23.3 Å². The summed E-state index contributed by atoms with van der Waals surface area (Å²) < 4.78 is 5.19. The lowest BCUT2D eigenvalue weighted by atomic mass is 10.1. The third-order valence-electron chi connectivity index (χ3n) is 3.44. The molecule has 116 valence electrons. The summed E-state index contributed by atoms with van der Waals surface area (Å²) in [5.74, 6) is -0.382. The molecule has 0 unspecified atom stereocenters. The lowest BCUT2D eigenvalue weighted by Gasteiger charge is -2.28. The van der Waals surface area contributed by atoms with Crippen molar-refractivity contribution in [2.45, 2.75) is 19.5 Å². The van der Waals surface area contributed by atoms with E-state index in [0.717, 1.165) is 5.56 Å². The third-order valence-corrected chi connectivity index (χ3v) is 3.44. The molecule has 0 aliphatic rings. The highest BCUT2D eigenvalue weighted by atomic mass is 16.3. The van der Waals surface area contributed by atoms with E-state index < -0.39 is 5.91 Å². The van der Waals surface area contributed by atoms with Crippen LogP contribution < -0.4 is 11.5 Å². The Bertz CT molecular complexity index is 652. The number of primary amides is 1. The molecule has 1 heterocycles. The normalized spacial score (nSPS) is 11.9. The molecule has 0 saturated carbocycles. The van der Waals surface area contributed by atoms with Crippen molar-refractivity contribution in [1.29, 1.82) is 0 Å². The van der Waals surface area contributed by atoms with E-state index in [9.17, 15) is 9.59 Å². The largest absolute Gasteiger partial charge is 0.467 e. The third kappa shape index (κ3) is 3.53. The van der Waals surface area contributed by atoms with Crippen LogP contribution in [0.3, 0.4) is 0 Å². The fourth-order valence-corrected chi connectivity index (χ4v) is 2.23. The van der Waals surface area contributed by atoms with Crippen LogP contribution in [0.15, 0.2) is 47.1 Å². The van der Waals surface area contributed by atoms with Gasteiger partial charge in [0.05, 0.1) is 18.2 Å². The number of furan rings is 1. The van der Waals surface area contributed by atoms with E-state index >= 15 is 0 Å². The molecule has 2 aromatic rings. The standard InChI is InChI=1S/C16H19N3O3/c1-11(12-5-3-2-4-6-12)19(9-15(18)20)16(21)13-7-14(8-17)22-10-13/h2-7,10-11H,8-9,17H2,1H3,(H2,18,20)/t11-/m1/s1. The topological polar surface area (TPSA) is 103 Å². The summed E-state index contributed by atoms with van der Waals surface area (Å²) >= 11 is 0. The van der Waals surface area contributed by atoms with Gasteiger partial charge < -0.3 is 20.8 Å². The summed E-state index contributed by atoms with van der Waals surface area (Å²) in [6, 6.07) is 10.7. The molecular formula is C16H19N3O3. The van der Waals surface area contributed by atoms with E-state index in [1.165, 1.54) is 11.2 Å². The maximum Gasteiger partial charge on any atom is 0.258 e. The van der Waals surface area contributed by atoms with Crippen LogP contribution >= 0.6 is 0 Å². The van der Waals surface area contributed by atoms with Gasteiger partial charge in [-0.15, -0.1) is 0 Å². The number of amides is 2. The van der Waals surface area contributed by atoms with Gasteiger partial charge in [-0.1, -0.05) is 30.3 Å². The Hall–Kier alpha value is -2.60. The van der Waals surface area contributed by atoms with E-state index in [0.29, 0.717) is 11.3 Å². The number of carbonyl (C=O) groups is 2. The van der Waals surface area contributed by atoms with E-state index in [1.54, 1.807) is 6.07 Å². The van der Waals surface area contributed by atoms with Gasteiger partial charge in [-0.3, -0.25) is 9.59 Å². The Morgan fingerprint density at radius 3 is 2.50 bits per heavy atom. The SMILES string of the molecule is C[C@H](c1ccccc1)N(CC(N)=O)C(=O)c1coc(CN)c1. The summed E-state index contributed by atoms with van der Waals surface area (Å²) in [7, 11) is 0. The predicted octanol–water partition coefficient (Wildman–Crippen LogP) is 1.43. The number of carbonyl (C=O) groups excluding carboxylic acids is 2. The van der Waals surface area contributed by atoms with Crippen molar-refractivity contribution < 1.29 is 14.0 Å². The molecule has 1 atom stereocenters. The molecule has 0 aliphatic carbocycles. The molecule has 1 aromatic carbocycles. The van der Waals surface area contributed by atoms with Gasteiger partial charge in [-0.2, -0.15) is 0 Å². The van der Waals surface area contributed by atoms with Crippen LogP contribution in [0.5, 0.6) is 0 Å². The molecular weight excluding hydrogens is 282 g/mol. The van der Waals surface area contributed by atoms with E-state index in [-0.39, 0.29) is 25.0 Å². The van der Waals surface area contributed by atoms with Gasteiger partial charge in [0.15, 0.2) is 0 Å². The first kappa shape index (κ1) is 15.8. The lowest BCUT2D eigenvalue weighted by Crippen LogP contribution is -2.40. The number of rotatable bonds is 6. The molecule has 0 spiro atoms. The maximum atomic E-state index is 12.6. The Balaban J connectivity index is 2.29. The smallest absolute Gasteiger partial charge is 0.258 e. The van der Waals surface area contributed by atoms with Crippen LogP contribution in [0.25, 0.3) is 0 Å². The molecule has 6 heteroatoms. The summed E-state index contributed by atoms with van der Waals surface area (Å²) in [6.07, 6.45) is 1.34. The predicted molar refractivity (Wildman–Crippen MR) is 81.7 cm³/mol. The maximum absolute atomic E-state index is 12.6. The molecule has 0 fully saturated rings. The molecule has 0 bridgehead atoms. The number of hydrogen-bond acceptors (Lipinski definition) is 4. The molecule has 22 heavy (non-hydrogen) atoms. The Labute approximate surface area is 128 Å². The van der Waals surface area contributed by atoms with Gasteiger partial charge in [0.2, 0.25) is 5.91 Å². The molecule has 1 aromatic heterocycles. The van der Waals surface area contributed by atoms with Gasteiger partial charge in [0.25, 0.3) is 5.91 Å². The van der Waals surface area contributed by atoms with Gasteiger partial charge in [-0.05, 0) is 18.6 Å². The second-order valence-corrected chi connectivity index (χ2v) is 4.99. The van der Waals surface area contributed by atoms with Crippen molar-refractivity contribution in [3.63, 3.8) is 0 Å². The average molecular weight is 301 g/mol. The summed E-state index contributed by atoms with van der Waals surface area (Å²) in [5.41, 5.74) is 12.0. The summed E-state index contributed by atoms with van der Waals surface area (Å²) in [4.78, 5) is 25.4. The molecule has 6 nitrogen and oxygen atoms in total. The highest BCUT2D eigenvalue weighted by Crippen LogP contribution is 2.22. The van der Waals surface area contributed by atoms with Crippen LogP contribution in [0.4, 0.5) is 0 Å². The zero-order valence-corrected chi connectivity index (χ0v) is 12.4. The quantitative estimate of drug-likeness (QED) is 0.842. The second kappa shape index (κ2) is 6.91. The van der Waals surface area contributed by atoms with Crippen LogP contribution in [0.1, 0.15) is 34.6 Å². The fourth-order valence-electron chi connectivity index (χ4n) is 2.23. The molecule has 0 aliphatic heterocycles. The van der Waals surface area contributed by atoms with Crippen molar-refractivity contribution in [1.82, 2.24) is 4.90 Å². The zero-order chi connectivity index (χ0) is 16.1. The Morgan fingerprint density at radius 2 is 1.95 bits per heavy atom. The summed E-state index contributed by atoms with van der Waals surface area (Å²) in [5, 5.41) is 0. The minimum absolute atomic E-state index is 0.169. The van der Waals surface area contributed by atoms with Crippen molar-refractivity contribution in [2.75, 3.05) is 6.54 Å². The molecule has 2 rings (SSSR count).